The molecule has 2 aromatic rings. The zero-order valence-corrected chi connectivity index (χ0v) is 9.81. The van der Waals surface area contributed by atoms with Gasteiger partial charge in [-0.25, -0.2) is 9.97 Å². The maximum Gasteiger partial charge on any atom is 0.224 e. The molecule has 0 unspecified atom stereocenters. The Bertz CT molecular complexity index is 552. The first-order valence-corrected chi connectivity index (χ1v) is 5.84. The summed E-state index contributed by atoms with van der Waals surface area (Å²) < 4.78 is 5.27. The highest BCUT2D eigenvalue weighted by molar-refractivity contribution is 5.69. The molecule has 0 aliphatic heterocycles. The third-order valence-electron chi connectivity index (χ3n) is 3.28. The summed E-state index contributed by atoms with van der Waals surface area (Å²) >= 11 is 0. The summed E-state index contributed by atoms with van der Waals surface area (Å²) in [6, 6.07) is 6.58. The van der Waals surface area contributed by atoms with Gasteiger partial charge in [0.25, 0.3) is 0 Å². The number of rotatable bonds is 2. The molecule has 3 heteroatoms. The first-order chi connectivity index (χ1) is 8.38. The quantitative estimate of drug-likeness (QED) is 0.789. The summed E-state index contributed by atoms with van der Waals surface area (Å²) in [7, 11) is 1.64. The van der Waals surface area contributed by atoms with Gasteiger partial charge >= 0.3 is 0 Å². The Morgan fingerprint density at radius 2 is 2.06 bits per heavy atom. The molecule has 0 saturated heterocycles. The van der Waals surface area contributed by atoms with Crippen LogP contribution in [0.4, 0.5) is 0 Å². The Kier molecular flexibility index (Phi) is 2.52. The zero-order valence-electron chi connectivity index (χ0n) is 9.81. The molecule has 0 spiro atoms. The van der Waals surface area contributed by atoms with Crippen molar-refractivity contribution in [2.75, 3.05) is 7.11 Å². The zero-order chi connectivity index (χ0) is 11.7. The van der Waals surface area contributed by atoms with Gasteiger partial charge in [-0.05, 0) is 36.0 Å². The highest BCUT2D eigenvalue weighted by Crippen LogP contribution is 2.31. The fourth-order valence-corrected chi connectivity index (χ4v) is 2.42. The Morgan fingerprint density at radius 3 is 2.94 bits per heavy atom. The van der Waals surface area contributed by atoms with Gasteiger partial charge in [0.05, 0.1) is 12.7 Å². The van der Waals surface area contributed by atoms with Gasteiger partial charge in [-0.2, -0.15) is 0 Å². The Balaban J connectivity index is 2.09. The predicted octanol–water partition coefficient (Wildman–Crippen LogP) is 2.64. The number of benzene rings is 1. The Labute approximate surface area is 100 Å². The highest BCUT2D eigenvalue weighted by atomic mass is 16.5. The van der Waals surface area contributed by atoms with E-state index in [4.69, 9.17) is 4.74 Å². The van der Waals surface area contributed by atoms with Crippen molar-refractivity contribution in [3.63, 3.8) is 0 Å². The molecule has 0 atom stereocenters. The number of hydrogen-bond donors (Lipinski definition) is 0. The van der Waals surface area contributed by atoms with Crippen LogP contribution in [0, 0.1) is 0 Å². The lowest BCUT2D eigenvalue weighted by molar-refractivity contribution is 0.398. The molecule has 3 rings (SSSR count). The van der Waals surface area contributed by atoms with Crippen molar-refractivity contribution in [3.05, 3.63) is 41.9 Å². The number of ether oxygens (including phenoxy) is 1. The van der Waals surface area contributed by atoms with E-state index in [0.717, 1.165) is 11.1 Å². The smallest absolute Gasteiger partial charge is 0.224 e. The van der Waals surface area contributed by atoms with E-state index < -0.39 is 0 Å². The van der Waals surface area contributed by atoms with E-state index >= 15 is 0 Å². The average molecular weight is 226 g/mol. The maximum absolute atomic E-state index is 5.27. The van der Waals surface area contributed by atoms with Crippen molar-refractivity contribution in [1.29, 1.82) is 0 Å². The van der Waals surface area contributed by atoms with Crippen molar-refractivity contribution in [3.8, 4) is 17.0 Å². The lowest BCUT2D eigenvalue weighted by Gasteiger charge is -2.08. The number of aryl methyl sites for hydroxylation is 2. The van der Waals surface area contributed by atoms with E-state index in [2.05, 4.69) is 28.2 Å². The topological polar surface area (TPSA) is 35.0 Å². The monoisotopic (exact) mass is 226 g/mol. The second kappa shape index (κ2) is 4.17. The molecule has 0 N–H and O–H groups in total. The molecular formula is C14H14N2O. The van der Waals surface area contributed by atoms with Crippen LogP contribution in [0.25, 0.3) is 11.1 Å². The third-order valence-corrected chi connectivity index (χ3v) is 3.28. The number of fused-ring (bicyclic) bond motifs is 1. The van der Waals surface area contributed by atoms with Gasteiger partial charge in [0.2, 0.25) is 5.88 Å². The summed E-state index contributed by atoms with van der Waals surface area (Å²) in [6.07, 6.45) is 6.97. The lowest BCUT2D eigenvalue weighted by Crippen LogP contribution is -1.93. The van der Waals surface area contributed by atoms with Crippen molar-refractivity contribution < 1.29 is 4.74 Å². The van der Waals surface area contributed by atoms with Crippen LogP contribution >= 0.6 is 0 Å². The van der Waals surface area contributed by atoms with Crippen LogP contribution in [0.1, 0.15) is 17.5 Å². The minimum Gasteiger partial charge on any atom is -0.480 e. The fourth-order valence-electron chi connectivity index (χ4n) is 2.42. The third kappa shape index (κ3) is 1.78. The van der Waals surface area contributed by atoms with Crippen LogP contribution in [0.15, 0.2) is 30.7 Å². The number of aromatic nitrogens is 2. The first kappa shape index (κ1) is 10.3. The maximum atomic E-state index is 5.27. The molecule has 0 saturated carbocycles. The van der Waals surface area contributed by atoms with Crippen LogP contribution in [-0.4, -0.2) is 17.1 Å². The first-order valence-electron chi connectivity index (χ1n) is 5.84. The Hall–Kier alpha value is -1.90. The van der Waals surface area contributed by atoms with Crippen molar-refractivity contribution in [1.82, 2.24) is 9.97 Å². The van der Waals surface area contributed by atoms with Gasteiger partial charge < -0.3 is 4.74 Å². The van der Waals surface area contributed by atoms with Gasteiger partial charge in [-0.3, -0.25) is 0 Å². The molecule has 1 heterocycles. The number of methoxy groups -OCH3 is 1. The van der Waals surface area contributed by atoms with Crippen LogP contribution in [0.5, 0.6) is 5.88 Å². The van der Waals surface area contributed by atoms with Crippen molar-refractivity contribution in [2.24, 2.45) is 0 Å². The molecule has 0 amide bonds. The molecule has 0 radical (unpaired) electrons. The van der Waals surface area contributed by atoms with Gasteiger partial charge in [0, 0.05) is 6.20 Å². The highest BCUT2D eigenvalue weighted by Gasteiger charge is 2.13. The van der Waals surface area contributed by atoms with E-state index in [1.807, 2.05) is 6.20 Å². The average Bonchev–Trinajstić information content (AvgIpc) is 2.85. The summed E-state index contributed by atoms with van der Waals surface area (Å²) in [5, 5.41) is 0. The lowest BCUT2D eigenvalue weighted by atomic mass is 10.0. The summed E-state index contributed by atoms with van der Waals surface area (Å²) in [6.45, 7) is 0. The molecule has 0 bridgehead atoms. The molecule has 1 aliphatic carbocycles. The van der Waals surface area contributed by atoms with Crippen LogP contribution in [0.3, 0.4) is 0 Å². The van der Waals surface area contributed by atoms with Crippen molar-refractivity contribution >= 4 is 0 Å². The van der Waals surface area contributed by atoms with E-state index in [9.17, 15) is 0 Å². The minimum atomic E-state index is 0.637. The van der Waals surface area contributed by atoms with Gasteiger partial charge in [0.15, 0.2) is 0 Å². The standard InChI is InChI=1S/C14H14N2O/c1-17-14-13(8-15-9-16-14)12-6-5-10-3-2-4-11(10)7-12/h5-9H,2-4H2,1H3. The molecule has 1 aromatic heterocycles. The minimum absolute atomic E-state index is 0.637. The molecular weight excluding hydrogens is 212 g/mol. The normalized spacial score (nSPS) is 13.5. The van der Waals surface area contributed by atoms with Gasteiger partial charge in [0.1, 0.15) is 6.33 Å². The molecule has 1 aliphatic rings. The van der Waals surface area contributed by atoms with Crippen LogP contribution in [0.2, 0.25) is 0 Å². The number of nitrogens with zero attached hydrogens (tertiary/aromatic N) is 2. The largest absolute Gasteiger partial charge is 0.480 e. The van der Waals surface area contributed by atoms with E-state index in [1.54, 1.807) is 7.11 Å². The summed E-state index contributed by atoms with van der Waals surface area (Å²) in [4.78, 5) is 8.21. The second-order valence-corrected chi connectivity index (χ2v) is 4.28. The predicted molar refractivity (Wildman–Crippen MR) is 66.0 cm³/mol. The molecule has 1 aromatic carbocycles. The fraction of sp³-hybridized carbons (Fsp3) is 0.286. The molecule has 17 heavy (non-hydrogen) atoms. The van der Waals surface area contributed by atoms with E-state index in [0.29, 0.717) is 5.88 Å². The van der Waals surface area contributed by atoms with Gasteiger partial charge in [-0.15, -0.1) is 0 Å². The second-order valence-electron chi connectivity index (χ2n) is 4.28. The van der Waals surface area contributed by atoms with Crippen LogP contribution in [-0.2, 0) is 12.8 Å². The number of hydrogen-bond acceptors (Lipinski definition) is 3. The summed E-state index contributed by atoms with van der Waals surface area (Å²) in [5.41, 5.74) is 5.03. The molecule has 86 valence electrons. The van der Waals surface area contributed by atoms with Crippen molar-refractivity contribution in [2.45, 2.75) is 19.3 Å². The SMILES string of the molecule is COc1ncncc1-c1ccc2c(c1)CCC2. The van der Waals surface area contributed by atoms with Crippen LogP contribution < -0.4 is 4.74 Å². The Morgan fingerprint density at radius 1 is 1.18 bits per heavy atom. The molecule has 0 fully saturated rings. The van der Waals surface area contributed by atoms with E-state index in [1.165, 1.54) is 36.7 Å². The molecule has 3 nitrogen and oxygen atoms in total. The summed E-state index contributed by atoms with van der Waals surface area (Å²) in [5.74, 6) is 0.637. The van der Waals surface area contributed by atoms with Gasteiger partial charge in [-0.1, -0.05) is 18.2 Å². The van der Waals surface area contributed by atoms with E-state index in [-0.39, 0.29) is 0 Å².